The van der Waals surface area contributed by atoms with Gasteiger partial charge in [0.25, 0.3) is 0 Å². The largest absolute Gasteiger partial charge is 0.421 e. The van der Waals surface area contributed by atoms with Gasteiger partial charge in [0.2, 0.25) is 5.91 Å². The third-order valence-corrected chi connectivity index (χ3v) is 6.34. The second-order valence-corrected chi connectivity index (χ2v) is 8.96. The highest BCUT2D eigenvalue weighted by atomic mass is 35.5. The number of carbonyl (C=O) groups excluding carboxylic acids is 1. The number of hydrogen-bond donors (Lipinski definition) is 1. The second kappa shape index (κ2) is 10.0. The van der Waals surface area contributed by atoms with Crippen LogP contribution in [0.1, 0.15) is 11.4 Å². The molecule has 3 heterocycles. The van der Waals surface area contributed by atoms with Crippen LogP contribution in [0.2, 0.25) is 5.02 Å². The normalized spacial score (nSPS) is 11.0. The SMILES string of the molecule is C=CC(=O)Nc1ccc(-c2c(-c3ccc(Oc4nccc(C)n4)c(F)c3)c3c(C)ncnc3n2C)c(Cl)c1. The number of halogens is 2. The molecule has 1 amide bonds. The zero-order valence-electron chi connectivity index (χ0n) is 20.8. The van der Waals surface area contributed by atoms with Gasteiger partial charge in [-0.1, -0.05) is 24.2 Å². The maximum atomic E-state index is 15.4. The first-order valence-corrected chi connectivity index (χ1v) is 12.0. The Hall–Kier alpha value is -4.63. The highest BCUT2D eigenvalue weighted by Crippen LogP contribution is 2.44. The van der Waals surface area contributed by atoms with Crippen molar-refractivity contribution in [3.8, 4) is 34.1 Å². The Labute approximate surface area is 222 Å². The quantitative estimate of drug-likeness (QED) is 0.256. The fourth-order valence-corrected chi connectivity index (χ4v) is 4.56. The van der Waals surface area contributed by atoms with Crippen LogP contribution in [0.5, 0.6) is 11.8 Å². The van der Waals surface area contributed by atoms with Gasteiger partial charge in [-0.2, -0.15) is 0 Å². The third-order valence-electron chi connectivity index (χ3n) is 6.03. The lowest BCUT2D eigenvalue weighted by atomic mass is 9.97. The minimum atomic E-state index is -0.585. The molecule has 1 N–H and O–H groups in total. The lowest BCUT2D eigenvalue weighted by Gasteiger charge is -2.13. The van der Waals surface area contributed by atoms with E-state index in [1.165, 1.54) is 24.5 Å². The van der Waals surface area contributed by atoms with Crippen LogP contribution in [0.15, 0.2) is 67.6 Å². The molecule has 2 aromatic carbocycles. The van der Waals surface area contributed by atoms with Crippen LogP contribution in [0.3, 0.4) is 0 Å². The monoisotopic (exact) mass is 528 g/mol. The molecule has 0 aliphatic heterocycles. The molecular weight excluding hydrogens is 507 g/mol. The molecule has 38 heavy (non-hydrogen) atoms. The van der Waals surface area contributed by atoms with Gasteiger partial charge in [0.15, 0.2) is 11.6 Å². The summed E-state index contributed by atoms with van der Waals surface area (Å²) >= 11 is 6.71. The summed E-state index contributed by atoms with van der Waals surface area (Å²) in [7, 11) is 1.86. The Kier molecular flexibility index (Phi) is 6.61. The number of fused-ring (bicyclic) bond motifs is 1. The molecule has 0 saturated heterocycles. The summed E-state index contributed by atoms with van der Waals surface area (Å²) in [4.78, 5) is 28.8. The van der Waals surface area contributed by atoms with Crippen LogP contribution in [0, 0.1) is 19.7 Å². The van der Waals surface area contributed by atoms with Crippen molar-refractivity contribution in [2.45, 2.75) is 13.8 Å². The first-order valence-electron chi connectivity index (χ1n) is 11.6. The number of ether oxygens (including phenoxy) is 1. The van der Waals surface area contributed by atoms with Crippen molar-refractivity contribution in [1.82, 2.24) is 24.5 Å². The van der Waals surface area contributed by atoms with E-state index in [1.54, 1.807) is 43.5 Å². The summed E-state index contributed by atoms with van der Waals surface area (Å²) in [5.74, 6) is -0.938. The zero-order chi connectivity index (χ0) is 27.0. The summed E-state index contributed by atoms with van der Waals surface area (Å²) in [5.41, 5.74) is 5.29. The van der Waals surface area contributed by atoms with Gasteiger partial charge in [-0.15, -0.1) is 0 Å². The molecule has 190 valence electrons. The Morgan fingerprint density at radius 3 is 2.66 bits per heavy atom. The van der Waals surface area contributed by atoms with E-state index in [0.29, 0.717) is 44.4 Å². The van der Waals surface area contributed by atoms with Crippen LogP contribution in [0.4, 0.5) is 10.1 Å². The Morgan fingerprint density at radius 2 is 1.95 bits per heavy atom. The molecule has 5 aromatic rings. The molecule has 0 bridgehead atoms. The average molecular weight is 529 g/mol. The minimum absolute atomic E-state index is 0.00514. The molecular formula is C28H22ClFN6O2. The molecule has 0 spiro atoms. The smallest absolute Gasteiger partial charge is 0.322 e. The van der Waals surface area contributed by atoms with E-state index in [1.807, 2.05) is 18.5 Å². The van der Waals surface area contributed by atoms with Gasteiger partial charge in [-0.25, -0.2) is 24.3 Å². The van der Waals surface area contributed by atoms with Gasteiger partial charge in [0, 0.05) is 41.1 Å². The van der Waals surface area contributed by atoms with Crippen molar-refractivity contribution in [3.63, 3.8) is 0 Å². The van der Waals surface area contributed by atoms with Crippen molar-refractivity contribution in [2.75, 3.05) is 5.32 Å². The number of nitrogens with one attached hydrogen (secondary N) is 1. The van der Waals surface area contributed by atoms with Crippen molar-refractivity contribution in [1.29, 1.82) is 0 Å². The molecule has 0 aliphatic carbocycles. The molecule has 0 atom stereocenters. The van der Waals surface area contributed by atoms with E-state index in [0.717, 1.165) is 11.1 Å². The second-order valence-electron chi connectivity index (χ2n) is 8.56. The number of anilines is 1. The topological polar surface area (TPSA) is 94.8 Å². The maximum Gasteiger partial charge on any atom is 0.322 e. The van der Waals surface area contributed by atoms with Crippen molar-refractivity contribution in [2.24, 2.45) is 7.05 Å². The van der Waals surface area contributed by atoms with Crippen LogP contribution < -0.4 is 10.1 Å². The molecule has 0 aliphatic rings. The molecule has 8 nitrogen and oxygen atoms in total. The van der Waals surface area contributed by atoms with E-state index >= 15 is 4.39 Å². The molecule has 0 saturated carbocycles. The fraction of sp³-hybridized carbons (Fsp3) is 0.107. The number of rotatable bonds is 6. The predicted molar refractivity (Wildman–Crippen MR) is 145 cm³/mol. The number of aromatic nitrogens is 5. The van der Waals surface area contributed by atoms with Gasteiger partial charge in [-0.3, -0.25) is 4.79 Å². The maximum absolute atomic E-state index is 15.4. The molecule has 3 aromatic heterocycles. The van der Waals surface area contributed by atoms with Crippen LogP contribution in [-0.2, 0) is 11.8 Å². The lowest BCUT2D eigenvalue weighted by Crippen LogP contribution is -2.07. The standard InChI is InChI=1S/C28H22ClFN6O2/c1-5-23(37)35-18-7-8-19(20(29)13-18)26-25(24-16(3)32-14-33-27(24)36(26)4)17-6-9-22(21(30)12-17)38-28-31-11-10-15(2)34-28/h5-14H,1H2,2-4H3,(H,35,37). The van der Waals surface area contributed by atoms with E-state index < -0.39 is 5.82 Å². The number of aryl methyl sites for hydroxylation is 3. The van der Waals surface area contributed by atoms with E-state index in [4.69, 9.17) is 16.3 Å². The number of nitrogens with zero attached hydrogens (tertiary/aromatic N) is 5. The Bertz CT molecular complexity index is 1730. The average Bonchev–Trinajstić information content (AvgIpc) is 3.18. The van der Waals surface area contributed by atoms with Crippen molar-refractivity contribution in [3.05, 3.63) is 89.9 Å². The molecule has 0 radical (unpaired) electrons. The summed E-state index contributed by atoms with van der Waals surface area (Å²) in [6.45, 7) is 7.13. The van der Waals surface area contributed by atoms with Crippen LogP contribution in [-0.4, -0.2) is 30.4 Å². The summed E-state index contributed by atoms with van der Waals surface area (Å²) < 4.78 is 22.8. The summed E-state index contributed by atoms with van der Waals surface area (Å²) in [5, 5.41) is 3.85. The van der Waals surface area contributed by atoms with Crippen molar-refractivity contribution >= 4 is 34.2 Å². The third kappa shape index (κ3) is 4.59. The van der Waals surface area contributed by atoms with Gasteiger partial charge in [0.05, 0.1) is 16.4 Å². The molecule has 5 rings (SSSR count). The summed E-state index contributed by atoms with van der Waals surface area (Å²) in [6, 6.07) is 11.7. The van der Waals surface area contributed by atoms with Gasteiger partial charge < -0.3 is 14.6 Å². The number of amides is 1. The molecule has 0 fully saturated rings. The van der Waals surface area contributed by atoms with Crippen molar-refractivity contribution < 1.29 is 13.9 Å². The predicted octanol–water partition coefficient (Wildman–Crippen LogP) is 6.42. The highest BCUT2D eigenvalue weighted by molar-refractivity contribution is 6.34. The van der Waals surface area contributed by atoms with Gasteiger partial charge in [-0.05, 0) is 61.9 Å². The number of benzene rings is 2. The van der Waals surface area contributed by atoms with Gasteiger partial charge >= 0.3 is 6.01 Å². The fourth-order valence-electron chi connectivity index (χ4n) is 4.29. The van der Waals surface area contributed by atoms with E-state index in [9.17, 15) is 4.79 Å². The summed E-state index contributed by atoms with van der Waals surface area (Å²) in [6.07, 6.45) is 4.21. The first kappa shape index (κ1) is 25.0. The van der Waals surface area contributed by atoms with E-state index in [2.05, 4.69) is 31.8 Å². The van der Waals surface area contributed by atoms with E-state index in [-0.39, 0.29) is 17.7 Å². The number of carbonyl (C=O) groups is 1. The molecule has 10 heteroatoms. The van der Waals surface area contributed by atoms with Gasteiger partial charge in [0.1, 0.15) is 12.0 Å². The Balaban J connectivity index is 1.66. The molecule has 0 unspecified atom stereocenters. The van der Waals surface area contributed by atoms with Crippen LogP contribution >= 0.6 is 11.6 Å². The number of hydrogen-bond acceptors (Lipinski definition) is 6. The highest BCUT2D eigenvalue weighted by Gasteiger charge is 2.24. The first-order chi connectivity index (χ1) is 18.3. The lowest BCUT2D eigenvalue weighted by molar-refractivity contribution is -0.111. The Morgan fingerprint density at radius 1 is 1.13 bits per heavy atom. The van der Waals surface area contributed by atoms with Crippen LogP contribution in [0.25, 0.3) is 33.4 Å². The zero-order valence-corrected chi connectivity index (χ0v) is 21.5. The minimum Gasteiger partial charge on any atom is -0.421 e.